The minimum Gasteiger partial charge on any atom is -0.325 e. The molecule has 13 heavy (non-hydrogen) atoms. The topological polar surface area (TPSA) is 38.9 Å². The molecule has 0 aliphatic heterocycles. The van der Waals surface area contributed by atoms with Gasteiger partial charge < -0.3 is 5.73 Å². The zero-order valence-corrected chi connectivity index (χ0v) is 8.09. The van der Waals surface area contributed by atoms with Gasteiger partial charge in [-0.3, -0.25) is 4.98 Å². The van der Waals surface area contributed by atoms with Crippen LogP contribution in [-0.2, 0) is 6.42 Å². The van der Waals surface area contributed by atoms with Crippen LogP contribution in [0.2, 0.25) is 0 Å². The molecule has 2 nitrogen and oxygen atoms in total. The van der Waals surface area contributed by atoms with Gasteiger partial charge in [-0.25, -0.2) is 0 Å². The summed E-state index contributed by atoms with van der Waals surface area (Å²) >= 11 is 0. The lowest BCUT2D eigenvalue weighted by atomic mass is 9.73. The molecule has 1 saturated carbocycles. The van der Waals surface area contributed by atoms with E-state index in [-0.39, 0.29) is 5.54 Å². The van der Waals surface area contributed by atoms with Crippen LogP contribution in [0.1, 0.15) is 30.5 Å². The molecular formula is C11H16N2. The summed E-state index contributed by atoms with van der Waals surface area (Å²) in [7, 11) is 0. The van der Waals surface area contributed by atoms with Gasteiger partial charge in [0.15, 0.2) is 0 Å². The molecule has 1 fully saturated rings. The smallest absolute Gasteiger partial charge is 0.0405 e. The maximum atomic E-state index is 6.18. The number of aryl methyl sites for hydroxylation is 1. The third-order valence-electron chi connectivity index (χ3n) is 3.01. The number of hydrogen-bond donors (Lipinski definition) is 1. The normalized spacial score (nSPS) is 19.5. The van der Waals surface area contributed by atoms with Gasteiger partial charge in [0.2, 0.25) is 0 Å². The van der Waals surface area contributed by atoms with Crippen molar-refractivity contribution in [2.24, 2.45) is 5.73 Å². The SMILES string of the molecule is Cc1ncccc1CC1(N)CCC1. The first-order valence-corrected chi connectivity index (χ1v) is 4.89. The first-order chi connectivity index (χ1) is 6.20. The second-order valence-corrected chi connectivity index (χ2v) is 4.14. The second kappa shape index (κ2) is 3.11. The molecule has 0 atom stereocenters. The number of nitrogens with zero attached hydrogens (tertiary/aromatic N) is 1. The molecule has 1 aliphatic rings. The lowest BCUT2D eigenvalue weighted by Crippen LogP contribution is -2.48. The number of aromatic nitrogens is 1. The number of pyridine rings is 1. The van der Waals surface area contributed by atoms with Crippen LogP contribution in [0.25, 0.3) is 0 Å². The van der Waals surface area contributed by atoms with E-state index in [2.05, 4.69) is 18.0 Å². The summed E-state index contributed by atoms with van der Waals surface area (Å²) < 4.78 is 0. The lowest BCUT2D eigenvalue weighted by Gasteiger charge is -2.38. The fourth-order valence-electron chi connectivity index (χ4n) is 1.89. The Labute approximate surface area is 79.2 Å². The van der Waals surface area contributed by atoms with Crippen molar-refractivity contribution in [1.82, 2.24) is 4.98 Å². The minimum atomic E-state index is 0.0772. The van der Waals surface area contributed by atoms with Crippen LogP contribution < -0.4 is 5.73 Å². The minimum absolute atomic E-state index is 0.0772. The molecule has 1 aromatic heterocycles. The molecular weight excluding hydrogens is 160 g/mol. The summed E-state index contributed by atoms with van der Waals surface area (Å²) in [6, 6.07) is 4.12. The van der Waals surface area contributed by atoms with Gasteiger partial charge in [0.05, 0.1) is 0 Å². The Hall–Kier alpha value is -0.890. The van der Waals surface area contributed by atoms with Crippen LogP contribution in [0, 0.1) is 6.92 Å². The van der Waals surface area contributed by atoms with Crippen molar-refractivity contribution < 1.29 is 0 Å². The summed E-state index contributed by atoms with van der Waals surface area (Å²) in [5.41, 5.74) is 8.69. The van der Waals surface area contributed by atoms with E-state index in [4.69, 9.17) is 5.73 Å². The zero-order chi connectivity index (χ0) is 9.31. The van der Waals surface area contributed by atoms with Gasteiger partial charge in [0, 0.05) is 17.4 Å². The predicted octanol–water partition coefficient (Wildman–Crippen LogP) is 1.81. The van der Waals surface area contributed by atoms with Crippen molar-refractivity contribution in [3.05, 3.63) is 29.6 Å². The standard InChI is InChI=1S/C11H16N2/c1-9-10(4-2-7-13-9)8-11(12)5-3-6-11/h2,4,7H,3,5-6,8,12H2,1H3. The maximum Gasteiger partial charge on any atom is 0.0405 e. The van der Waals surface area contributed by atoms with Gasteiger partial charge in [0.1, 0.15) is 0 Å². The summed E-state index contributed by atoms with van der Waals surface area (Å²) in [6.07, 6.45) is 6.45. The average Bonchev–Trinajstić information content (AvgIpc) is 2.06. The van der Waals surface area contributed by atoms with E-state index >= 15 is 0 Å². The van der Waals surface area contributed by atoms with Crippen molar-refractivity contribution in [3.8, 4) is 0 Å². The molecule has 0 spiro atoms. The second-order valence-electron chi connectivity index (χ2n) is 4.14. The van der Waals surface area contributed by atoms with Crippen molar-refractivity contribution in [3.63, 3.8) is 0 Å². The van der Waals surface area contributed by atoms with Crippen molar-refractivity contribution >= 4 is 0 Å². The third-order valence-corrected chi connectivity index (χ3v) is 3.01. The summed E-state index contributed by atoms with van der Waals surface area (Å²) in [4.78, 5) is 4.27. The molecule has 0 radical (unpaired) electrons. The molecule has 1 aliphatic carbocycles. The van der Waals surface area contributed by atoms with Gasteiger partial charge in [-0.2, -0.15) is 0 Å². The first-order valence-electron chi connectivity index (χ1n) is 4.89. The van der Waals surface area contributed by atoms with Crippen molar-refractivity contribution in [1.29, 1.82) is 0 Å². The van der Waals surface area contributed by atoms with E-state index in [1.165, 1.54) is 24.8 Å². The first kappa shape index (κ1) is 8.70. The molecule has 0 amide bonds. The number of rotatable bonds is 2. The maximum absolute atomic E-state index is 6.18. The molecule has 0 aromatic carbocycles. The predicted molar refractivity (Wildman–Crippen MR) is 53.4 cm³/mol. The molecule has 2 heteroatoms. The Bertz CT molecular complexity index is 303. The number of hydrogen-bond acceptors (Lipinski definition) is 2. The Morgan fingerprint density at radius 1 is 1.54 bits per heavy atom. The van der Waals surface area contributed by atoms with Gasteiger partial charge in [-0.15, -0.1) is 0 Å². The van der Waals surface area contributed by atoms with Crippen molar-refractivity contribution in [2.45, 2.75) is 38.1 Å². The lowest BCUT2D eigenvalue weighted by molar-refractivity contribution is 0.247. The molecule has 0 saturated heterocycles. The Morgan fingerprint density at radius 3 is 2.85 bits per heavy atom. The van der Waals surface area contributed by atoms with Crippen LogP contribution >= 0.6 is 0 Å². The van der Waals surface area contributed by atoms with E-state index in [9.17, 15) is 0 Å². The fourth-order valence-corrected chi connectivity index (χ4v) is 1.89. The van der Waals surface area contributed by atoms with E-state index in [0.29, 0.717) is 0 Å². The highest BCUT2D eigenvalue weighted by Gasteiger charge is 2.32. The van der Waals surface area contributed by atoms with Crippen LogP contribution in [0.15, 0.2) is 18.3 Å². The van der Waals surface area contributed by atoms with E-state index < -0.39 is 0 Å². The highest BCUT2D eigenvalue weighted by molar-refractivity contribution is 5.22. The summed E-state index contributed by atoms with van der Waals surface area (Å²) in [5, 5.41) is 0. The quantitative estimate of drug-likeness (QED) is 0.746. The Kier molecular flexibility index (Phi) is 2.08. The Morgan fingerprint density at radius 2 is 2.31 bits per heavy atom. The van der Waals surface area contributed by atoms with Crippen LogP contribution in [-0.4, -0.2) is 10.5 Å². The van der Waals surface area contributed by atoms with Crippen LogP contribution in [0.5, 0.6) is 0 Å². The number of nitrogens with two attached hydrogens (primary N) is 1. The molecule has 1 heterocycles. The molecule has 0 unspecified atom stereocenters. The van der Waals surface area contributed by atoms with Crippen LogP contribution in [0.3, 0.4) is 0 Å². The molecule has 2 N–H and O–H groups in total. The monoisotopic (exact) mass is 176 g/mol. The van der Waals surface area contributed by atoms with E-state index in [1.54, 1.807) is 0 Å². The van der Waals surface area contributed by atoms with Crippen molar-refractivity contribution in [2.75, 3.05) is 0 Å². The summed E-state index contributed by atoms with van der Waals surface area (Å²) in [6.45, 7) is 2.05. The van der Waals surface area contributed by atoms with Gasteiger partial charge in [-0.05, 0) is 44.2 Å². The third kappa shape index (κ3) is 1.73. The molecule has 0 bridgehead atoms. The van der Waals surface area contributed by atoms with E-state index in [1.807, 2.05) is 12.3 Å². The highest BCUT2D eigenvalue weighted by Crippen LogP contribution is 2.32. The molecule has 1 aromatic rings. The van der Waals surface area contributed by atoms with Gasteiger partial charge in [0.25, 0.3) is 0 Å². The van der Waals surface area contributed by atoms with Gasteiger partial charge >= 0.3 is 0 Å². The van der Waals surface area contributed by atoms with Crippen LogP contribution in [0.4, 0.5) is 0 Å². The molecule has 70 valence electrons. The molecule has 2 rings (SSSR count). The summed E-state index contributed by atoms with van der Waals surface area (Å²) in [5.74, 6) is 0. The van der Waals surface area contributed by atoms with E-state index in [0.717, 1.165) is 12.1 Å². The van der Waals surface area contributed by atoms with Gasteiger partial charge in [-0.1, -0.05) is 6.07 Å². The highest BCUT2D eigenvalue weighted by atomic mass is 14.8. The fraction of sp³-hybridized carbons (Fsp3) is 0.545. The zero-order valence-electron chi connectivity index (χ0n) is 8.09. The Balaban J connectivity index is 2.13. The largest absolute Gasteiger partial charge is 0.325 e. The average molecular weight is 176 g/mol.